The van der Waals surface area contributed by atoms with Crippen LogP contribution in [0.25, 0.3) is 0 Å². The smallest absolute Gasteiger partial charge is 0.128 e. The highest BCUT2D eigenvalue weighted by atomic mass is 32.2. The summed E-state index contributed by atoms with van der Waals surface area (Å²) in [6, 6.07) is 1.78. The van der Waals surface area contributed by atoms with Crippen LogP contribution in [0.4, 0.5) is 3.89 Å². The fraction of sp³-hybridized carbons (Fsp3) is 0.333. The molecule has 0 rings (SSSR count). The monoisotopic (exact) mass is 257 g/mol. The van der Waals surface area contributed by atoms with Crippen molar-refractivity contribution in [3.63, 3.8) is 0 Å². The standard InChI is InChI=1S/C8H10S.C4H6FNS/c1-3-5-8(7-9)6-4-2;1-4(2,3-6)7-5/h3-7H,1H2,2H3;1-2H3/b6-4-,8-5+;. The largest absolute Gasteiger partial charge is 0.197 e. The number of halogens is 1. The Morgan fingerprint density at radius 1 is 1.56 bits per heavy atom. The first-order chi connectivity index (χ1) is 7.47. The zero-order valence-electron chi connectivity index (χ0n) is 9.74. The normalized spacial score (nSPS) is 11.3. The van der Waals surface area contributed by atoms with Gasteiger partial charge in [0.05, 0.1) is 18.2 Å². The number of rotatable bonds is 4. The second kappa shape index (κ2) is 10.6. The van der Waals surface area contributed by atoms with E-state index in [4.69, 9.17) is 17.5 Å². The van der Waals surface area contributed by atoms with Crippen LogP contribution >= 0.6 is 24.4 Å². The molecule has 0 aliphatic carbocycles. The van der Waals surface area contributed by atoms with E-state index in [0.29, 0.717) is 0 Å². The molecular formula is C12H16FNS2. The minimum Gasteiger partial charge on any atom is -0.197 e. The van der Waals surface area contributed by atoms with E-state index in [2.05, 4.69) is 6.58 Å². The molecule has 4 heteroatoms. The molecule has 0 aromatic heterocycles. The van der Waals surface area contributed by atoms with Gasteiger partial charge < -0.3 is 0 Å². The van der Waals surface area contributed by atoms with Gasteiger partial charge in [-0.2, -0.15) is 9.15 Å². The van der Waals surface area contributed by atoms with Gasteiger partial charge in [0.15, 0.2) is 0 Å². The van der Waals surface area contributed by atoms with Gasteiger partial charge in [0.25, 0.3) is 0 Å². The van der Waals surface area contributed by atoms with Gasteiger partial charge in [-0.3, -0.25) is 0 Å². The van der Waals surface area contributed by atoms with Crippen molar-refractivity contribution in [2.24, 2.45) is 0 Å². The molecule has 0 aliphatic rings. The van der Waals surface area contributed by atoms with Gasteiger partial charge in [0, 0.05) is 5.37 Å². The zero-order chi connectivity index (χ0) is 13.0. The van der Waals surface area contributed by atoms with Crippen LogP contribution in [0.3, 0.4) is 0 Å². The third kappa shape index (κ3) is 11.2. The van der Waals surface area contributed by atoms with Crippen molar-refractivity contribution < 1.29 is 3.89 Å². The number of nitriles is 1. The van der Waals surface area contributed by atoms with Crippen molar-refractivity contribution in [1.82, 2.24) is 0 Å². The predicted octanol–water partition coefficient (Wildman–Crippen LogP) is 4.58. The second-order valence-electron chi connectivity index (χ2n) is 3.22. The number of hydrogen-bond donors (Lipinski definition) is 0. The minimum atomic E-state index is -0.861. The molecule has 0 saturated carbocycles. The number of hydrogen-bond acceptors (Lipinski definition) is 3. The van der Waals surface area contributed by atoms with Crippen LogP contribution in [0.15, 0.2) is 36.5 Å². The summed E-state index contributed by atoms with van der Waals surface area (Å²) in [6.07, 6.45) is 7.47. The molecule has 0 atom stereocenters. The van der Waals surface area contributed by atoms with E-state index in [-0.39, 0.29) is 12.1 Å². The summed E-state index contributed by atoms with van der Waals surface area (Å²) in [5.74, 6) is 0. The third-order valence-electron chi connectivity index (χ3n) is 1.27. The third-order valence-corrected chi connectivity index (χ3v) is 2.02. The molecule has 88 valence electrons. The molecule has 16 heavy (non-hydrogen) atoms. The molecule has 0 aromatic rings. The van der Waals surface area contributed by atoms with Gasteiger partial charge in [0.1, 0.15) is 4.75 Å². The summed E-state index contributed by atoms with van der Waals surface area (Å²) in [7, 11) is 0. The van der Waals surface area contributed by atoms with Crippen LogP contribution in [-0.4, -0.2) is 10.1 Å². The Bertz CT molecular complexity index is 311. The molecule has 0 radical (unpaired) electrons. The lowest BCUT2D eigenvalue weighted by atomic mass is 10.2. The molecule has 0 fully saturated rings. The first-order valence-corrected chi connectivity index (χ1v) is 5.77. The van der Waals surface area contributed by atoms with Crippen molar-refractivity contribution >= 4 is 29.7 Å². The fourth-order valence-electron chi connectivity index (χ4n) is 0.480. The van der Waals surface area contributed by atoms with Gasteiger partial charge in [-0.05, 0) is 26.3 Å². The average molecular weight is 257 g/mol. The quantitative estimate of drug-likeness (QED) is 0.418. The molecule has 1 nitrogen and oxygen atoms in total. The SMILES string of the molecule is C=C/C=C(C=S)\C=C/C.CC(C)(C#N)SF. The van der Waals surface area contributed by atoms with Crippen LogP contribution in [0.1, 0.15) is 20.8 Å². The van der Waals surface area contributed by atoms with Crippen LogP contribution in [-0.2, 0) is 0 Å². The number of thiocarbonyl (C=S) groups is 1. The highest BCUT2D eigenvalue weighted by Crippen LogP contribution is 2.22. The molecule has 0 unspecified atom stereocenters. The van der Waals surface area contributed by atoms with Crippen molar-refractivity contribution in [2.45, 2.75) is 25.5 Å². The average Bonchev–Trinajstić information content (AvgIpc) is 2.29. The zero-order valence-corrected chi connectivity index (χ0v) is 11.4. The summed E-state index contributed by atoms with van der Waals surface area (Å²) in [4.78, 5) is 0. The summed E-state index contributed by atoms with van der Waals surface area (Å²) in [5.41, 5.74) is 1.02. The summed E-state index contributed by atoms with van der Waals surface area (Å²) >= 11 is 4.78. The molecular weight excluding hydrogens is 241 g/mol. The topological polar surface area (TPSA) is 23.8 Å². The van der Waals surface area contributed by atoms with Crippen molar-refractivity contribution in [2.75, 3.05) is 0 Å². The first-order valence-electron chi connectivity index (χ1n) is 4.59. The molecule has 0 N–H and O–H groups in total. The summed E-state index contributed by atoms with van der Waals surface area (Å²) in [5, 5.41) is 9.71. The maximum Gasteiger partial charge on any atom is 0.128 e. The number of allylic oxidation sites excluding steroid dienone is 5. The van der Waals surface area contributed by atoms with Crippen molar-refractivity contribution in [3.8, 4) is 6.07 Å². The van der Waals surface area contributed by atoms with E-state index in [1.807, 2.05) is 25.2 Å². The Morgan fingerprint density at radius 3 is 2.31 bits per heavy atom. The molecule has 0 spiro atoms. The van der Waals surface area contributed by atoms with Gasteiger partial charge in [-0.1, -0.05) is 43.1 Å². The fourth-order valence-corrected chi connectivity index (χ4v) is 0.672. The lowest BCUT2D eigenvalue weighted by Crippen LogP contribution is -2.07. The maximum absolute atomic E-state index is 11.5. The Hall–Kier alpha value is -0.920. The molecule has 0 heterocycles. The Morgan fingerprint density at radius 2 is 2.12 bits per heavy atom. The van der Waals surface area contributed by atoms with Crippen LogP contribution in [0.5, 0.6) is 0 Å². The Labute approximate surface area is 107 Å². The minimum absolute atomic E-state index is 0.0660. The number of nitrogens with zero attached hydrogens (tertiary/aromatic N) is 1. The van der Waals surface area contributed by atoms with Crippen molar-refractivity contribution in [3.05, 3.63) is 36.5 Å². The lowest BCUT2D eigenvalue weighted by Gasteiger charge is -2.03. The van der Waals surface area contributed by atoms with Gasteiger partial charge in [0.2, 0.25) is 0 Å². The van der Waals surface area contributed by atoms with Crippen molar-refractivity contribution in [1.29, 1.82) is 5.26 Å². The molecule has 0 aliphatic heterocycles. The predicted molar refractivity (Wildman–Crippen MR) is 75.1 cm³/mol. The molecule has 0 bridgehead atoms. The molecule has 0 amide bonds. The van der Waals surface area contributed by atoms with Gasteiger partial charge >= 0.3 is 0 Å². The van der Waals surface area contributed by atoms with E-state index in [9.17, 15) is 3.89 Å². The highest BCUT2D eigenvalue weighted by molar-refractivity contribution is 7.95. The van der Waals surface area contributed by atoms with E-state index in [1.165, 1.54) is 13.8 Å². The summed E-state index contributed by atoms with van der Waals surface area (Å²) in [6.45, 7) is 8.56. The maximum atomic E-state index is 11.5. The molecule has 0 aromatic carbocycles. The lowest BCUT2D eigenvalue weighted by molar-refractivity contribution is 0.836. The van der Waals surface area contributed by atoms with E-state index in [0.717, 1.165) is 5.57 Å². The van der Waals surface area contributed by atoms with E-state index < -0.39 is 4.75 Å². The van der Waals surface area contributed by atoms with Crippen LogP contribution in [0.2, 0.25) is 0 Å². The second-order valence-corrected chi connectivity index (χ2v) is 4.63. The van der Waals surface area contributed by atoms with Crippen LogP contribution in [0, 0.1) is 11.3 Å². The first kappa shape index (κ1) is 17.5. The highest BCUT2D eigenvalue weighted by Gasteiger charge is 2.16. The Kier molecular flexibility index (Phi) is 11.6. The molecule has 0 saturated heterocycles. The van der Waals surface area contributed by atoms with E-state index in [1.54, 1.807) is 17.5 Å². The Balaban J connectivity index is 0. The van der Waals surface area contributed by atoms with Crippen LogP contribution < -0.4 is 0 Å². The van der Waals surface area contributed by atoms with E-state index >= 15 is 0 Å². The van der Waals surface area contributed by atoms with Gasteiger partial charge in [-0.25, -0.2) is 0 Å². The summed E-state index contributed by atoms with van der Waals surface area (Å²) < 4.78 is 10.6. The van der Waals surface area contributed by atoms with Gasteiger partial charge in [-0.15, -0.1) is 0 Å².